The van der Waals surface area contributed by atoms with Crippen LogP contribution in [0.1, 0.15) is 0 Å². The van der Waals surface area contributed by atoms with Gasteiger partial charge in [0.15, 0.2) is 9.84 Å². The van der Waals surface area contributed by atoms with Gasteiger partial charge in [0.1, 0.15) is 41.8 Å². The molecule has 34 heteroatoms. The van der Waals surface area contributed by atoms with E-state index in [9.17, 15) is 60.9 Å². The Morgan fingerprint density at radius 2 is 1.34 bits per heavy atom. The summed E-state index contributed by atoms with van der Waals surface area (Å²) >= 11 is 6.06. The zero-order valence-electron chi connectivity index (χ0n) is 32.3. The molecule has 0 amide bonds. The average molecular weight is 1010 g/mol. The molecule has 0 bridgehead atoms. The third-order valence-corrected chi connectivity index (χ3v) is 12.1. The molecule has 5 rings (SSSR count). The third kappa shape index (κ3) is 15.4. The van der Waals surface area contributed by atoms with Crippen molar-refractivity contribution in [1.29, 1.82) is 0 Å². The Morgan fingerprint density at radius 1 is 0.726 bits per heavy atom. The summed E-state index contributed by atoms with van der Waals surface area (Å²) in [5, 5.41) is 24.1. The Morgan fingerprint density at radius 3 is 1.90 bits per heavy atom. The fourth-order valence-corrected chi connectivity index (χ4v) is 8.32. The van der Waals surface area contributed by atoms with Crippen molar-refractivity contribution >= 4 is 108 Å². The Labute approximate surface area is 446 Å². The van der Waals surface area contributed by atoms with Gasteiger partial charge in [-0.15, -0.1) is 10.2 Å². The molecule has 4 aromatic carbocycles. The van der Waals surface area contributed by atoms with Crippen molar-refractivity contribution in [2.24, 2.45) is 10.2 Å². The van der Waals surface area contributed by atoms with Gasteiger partial charge in [-0.3, -0.25) is 4.55 Å². The van der Waals surface area contributed by atoms with Crippen molar-refractivity contribution in [1.82, 2.24) is 15.0 Å². The van der Waals surface area contributed by atoms with Gasteiger partial charge in [0, 0.05) is 11.4 Å². The minimum atomic E-state index is -5.67. The van der Waals surface area contributed by atoms with E-state index in [0.717, 1.165) is 37.4 Å². The number of azo groups is 1. The SMILES string of the molecule is COc1ccc(N=Nc2c(S(=O)(=O)[O-])cc3cc(S(=O)(=O)[O-])cc(Nc4nc(Cl)nc(Nc5cccc(S(=O)(=O)CCOS(=O)(=O)O)c5)n4)c3c2[O-])c(S(=O)(=O)[O-])c1.[Na+].[Na+].[Na+].[Na+]. The standard InChI is InChI=1S/C28H24ClN7O17S5.4Na/c1-52-16-5-6-19(21(12-16)56(43,44)45)35-36-24-22(57(46,47)48)10-14-9-18(55(40,41)42)13-20(23(14)25(24)37)31-28-33-26(29)32-27(34-28)30-15-3-2-4-17(11-15)54(38,39)8-7-53-58(49,50)51;;;;/h2-6,9-13,37H,7-8H2,1H3,(H,40,41,42)(H,43,44,45)(H,46,47,48)(H,49,50,51)(H2,30,31,32,33,34);;;;/q;4*+1/p-4. The molecule has 0 atom stereocenters. The maximum absolute atomic E-state index is 14.0. The maximum Gasteiger partial charge on any atom is 1.00 e. The molecular formula is C28H20ClN7Na4O17S5. The molecule has 0 spiro atoms. The van der Waals surface area contributed by atoms with Crippen molar-refractivity contribution in [3.05, 3.63) is 65.9 Å². The maximum atomic E-state index is 14.0. The van der Waals surface area contributed by atoms with E-state index in [4.69, 9.17) is 20.9 Å². The van der Waals surface area contributed by atoms with Gasteiger partial charge in [-0.25, -0.2) is 37.9 Å². The van der Waals surface area contributed by atoms with E-state index in [2.05, 4.69) is 40.0 Å². The quantitative estimate of drug-likeness (QED) is 0.0498. The zero-order valence-corrected chi connectivity index (χ0v) is 45.2. The molecule has 0 aliphatic heterocycles. The molecule has 3 N–H and O–H groups in total. The van der Waals surface area contributed by atoms with Crippen LogP contribution in [0, 0.1) is 0 Å². The van der Waals surface area contributed by atoms with E-state index in [0.29, 0.717) is 18.2 Å². The molecule has 0 unspecified atom stereocenters. The fraction of sp³-hybridized carbons (Fsp3) is 0.107. The fourth-order valence-electron chi connectivity index (χ4n) is 4.83. The van der Waals surface area contributed by atoms with Gasteiger partial charge in [-0.05, 0) is 77.0 Å². The predicted molar refractivity (Wildman–Crippen MR) is 192 cm³/mol. The van der Waals surface area contributed by atoms with Crippen LogP contribution >= 0.6 is 11.6 Å². The van der Waals surface area contributed by atoms with Crippen LogP contribution in [-0.2, 0) is 54.8 Å². The Balaban J connectivity index is 0.00000480. The van der Waals surface area contributed by atoms with E-state index in [1.54, 1.807) is 0 Å². The second-order valence-electron chi connectivity index (χ2n) is 11.1. The normalized spacial score (nSPS) is 12.0. The summed E-state index contributed by atoms with van der Waals surface area (Å²) in [4.78, 5) is 7.83. The third-order valence-electron chi connectivity index (χ3n) is 7.24. The van der Waals surface area contributed by atoms with E-state index in [1.165, 1.54) is 12.1 Å². The van der Waals surface area contributed by atoms with Crippen LogP contribution in [0.2, 0.25) is 5.28 Å². The summed E-state index contributed by atoms with van der Waals surface area (Å²) in [6.45, 7) is -0.917. The van der Waals surface area contributed by atoms with Crippen molar-refractivity contribution in [3.8, 4) is 11.5 Å². The number of nitrogens with one attached hydrogen (secondary N) is 2. The van der Waals surface area contributed by atoms with Gasteiger partial charge in [0.05, 0.1) is 44.7 Å². The van der Waals surface area contributed by atoms with Crippen LogP contribution in [0.5, 0.6) is 11.5 Å². The molecule has 0 aliphatic rings. The summed E-state index contributed by atoms with van der Waals surface area (Å²) in [5.74, 6) is -3.48. The molecule has 0 radical (unpaired) electrons. The number of nitrogens with zero attached hydrogens (tertiary/aromatic N) is 5. The summed E-state index contributed by atoms with van der Waals surface area (Å²) in [6, 6.07) is 9.25. The molecule has 1 aromatic heterocycles. The summed E-state index contributed by atoms with van der Waals surface area (Å²) < 4.78 is 174. The Hall–Kier alpha value is -1.21. The first kappa shape index (κ1) is 58.8. The number of hydrogen-bond acceptors (Lipinski definition) is 23. The molecule has 0 saturated heterocycles. The second-order valence-corrected chi connectivity index (χ2v) is 18.7. The minimum Gasteiger partial charge on any atom is -0.870 e. The molecule has 0 aliphatic carbocycles. The molecule has 0 fully saturated rings. The molecule has 310 valence electrons. The van der Waals surface area contributed by atoms with Gasteiger partial charge in [0.2, 0.25) is 17.2 Å². The van der Waals surface area contributed by atoms with Gasteiger partial charge in [-0.2, -0.15) is 23.4 Å². The first-order chi connectivity index (χ1) is 26.7. The number of benzene rings is 4. The van der Waals surface area contributed by atoms with Crippen LogP contribution < -0.4 is 139 Å². The monoisotopic (exact) mass is 1010 g/mol. The van der Waals surface area contributed by atoms with Gasteiger partial charge in [0.25, 0.3) is 0 Å². The van der Waals surface area contributed by atoms with Gasteiger partial charge in [-0.1, -0.05) is 11.8 Å². The average Bonchev–Trinajstić information content (AvgIpc) is 3.09. The molecule has 1 heterocycles. The summed E-state index contributed by atoms with van der Waals surface area (Å²) in [7, 11) is -24.3. The zero-order chi connectivity index (χ0) is 43.0. The summed E-state index contributed by atoms with van der Waals surface area (Å²) in [5.41, 5.74) is -2.61. The van der Waals surface area contributed by atoms with Gasteiger partial charge < -0.3 is 34.1 Å². The topological polar surface area (TPSA) is 389 Å². The van der Waals surface area contributed by atoms with E-state index < -0.39 is 128 Å². The molecule has 5 aromatic rings. The molecule has 0 saturated carbocycles. The number of fused-ring (bicyclic) bond motifs is 1. The number of halogens is 1. The molecule has 24 nitrogen and oxygen atoms in total. The number of sulfone groups is 1. The van der Waals surface area contributed by atoms with Crippen molar-refractivity contribution < 1.29 is 193 Å². The van der Waals surface area contributed by atoms with E-state index in [1.807, 2.05) is 0 Å². The van der Waals surface area contributed by atoms with Crippen LogP contribution in [0.25, 0.3) is 10.8 Å². The van der Waals surface area contributed by atoms with Crippen LogP contribution in [-0.4, -0.2) is 94.7 Å². The smallest absolute Gasteiger partial charge is 0.870 e. The Bertz CT molecular complexity index is 3100. The number of ether oxygens (including phenoxy) is 1. The van der Waals surface area contributed by atoms with Crippen molar-refractivity contribution in [2.75, 3.05) is 30.1 Å². The summed E-state index contributed by atoms with van der Waals surface area (Å²) in [6.07, 6.45) is 0. The molecule has 62 heavy (non-hydrogen) atoms. The van der Waals surface area contributed by atoms with Gasteiger partial charge >= 0.3 is 129 Å². The number of hydrogen-bond donors (Lipinski definition) is 3. The minimum absolute atomic E-state index is 0. The number of anilines is 4. The van der Waals surface area contributed by atoms with Crippen molar-refractivity contribution in [3.63, 3.8) is 0 Å². The first-order valence-electron chi connectivity index (χ1n) is 14.9. The number of aromatic nitrogens is 3. The predicted octanol–water partition coefficient (Wildman–Crippen LogP) is -10.0. The first-order valence-corrected chi connectivity index (χ1v) is 22.6. The van der Waals surface area contributed by atoms with Crippen LogP contribution in [0.4, 0.5) is 34.6 Å². The number of rotatable bonds is 15. The van der Waals surface area contributed by atoms with E-state index in [-0.39, 0.29) is 135 Å². The number of methoxy groups -OCH3 is 1. The molecular weight excluding hydrogens is 994 g/mol. The van der Waals surface area contributed by atoms with E-state index >= 15 is 0 Å². The Kier molecular flexibility index (Phi) is 21.8. The second kappa shape index (κ2) is 23.0. The van der Waals surface area contributed by atoms with Crippen molar-refractivity contribution in [2.45, 2.75) is 19.6 Å². The van der Waals surface area contributed by atoms with Crippen LogP contribution in [0.15, 0.2) is 90.5 Å². The largest absolute Gasteiger partial charge is 1.00 e. The van der Waals surface area contributed by atoms with Crippen LogP contribution in [0.3, 0.4) is 0 Å².